The van der Waals surface area contributed by atoms with Crippen molar-refractivity contribution in [3.8, 4) is 5.75 Å². The van der Waals surface area contributed by atoms with Crippen molar-refractivity contribution in [2.45, 2.75) is 24.2 Å². The average Bonchev–Trinajstić information content (AvgIpc) is 2.54. The molecular formula is C17H20ClNO3S. The summed E-state index contributed by atoms with van der Waals surface area (Å²) in [6.07, 6.45) is 0. The van der Waals surface area contributed by atoms with Crippen LogP contribution in [-0.4, -0.2) is 22.1 Å². The summed E-state index contributed by atoms with van der Waals surface area (Å²) in [6, 6.07) is 13.7. The molecule has 0 aliphatic rings. The van der Waals surface area contributed by atoms with Gasteiger partial charge in [0.25, 0.3) is 0 Å². The maximum atomic E-state index is 12.3. The summed E-state index contributed by atoms with van der Waals surface area (Å²) >= 11 is 5.79. The van der Waals surface area contributed by atoms with Gasteiger partial charge in [-0.05, 0) is 42.0 Å². The van der Waals surface area contributed by atoms with E-state index in [9.17, 15) is 8.42 Å². The van der Waals surface area contributed by atoms with Crippen LogP contribution in [0.25, 0.3) is 0 Å². The molecule has 0 heterocycles. The van der Waals surface area contributed by atoms with Crippen molar-refractivity contribution in [1.82, 2.24) is 4.72 Å². The van der Waals surface area contributed by atoms with E-state index in [-0.39, 0.29) is 16.9 Å². The van der Waals surface area contributed by atoms with Gasteiger partial charge >= 0.3 is 0 Å². The Hall–Kier alpha value is -1.56. The predicted octanol–water partition coefficient (Wildman–Crippen LogP) is 3.60. The summed E-state index contributed by atoms with van der Waals surface area (Å²) in [7, 11) is -1.95. The van der Waals surface area contributed by atoms with Crippen LogP contribution in [0.4, 0.5) is 0 Å². The van der Waals surface area contributed by atoms with Gasteiger partial charge in [-0.3, -0.25) is 0 Å². The molecule has 6 heteroatoms. The standard InChI is InChI=1S/C17H20ClNO3S/c1-17(2,13-4-8-15(22-3)9-5-13)12-19-23(20,21)16-10-6-14(18)7-11-16/h4-11,19H,12H2,1-3H3. The molecule has 0 atom stereocenters. The second-order valence-corrected chi connectivity index (χ2v) is 8.09. The molecule has 124 valence electrons. The number of methoxy groups -OCH3 is 1. The molecule has 2 aromatic rings. The normalized spacial score (nSPS) is 12.2. The van der Waals surface area contributed by atoms with Crippen molar-refractivity contribution in [2.24, 2.45) is 0 Å². The highest BCUT2D eigenvalue weighted by Gasteiger charge is 2.24. The van der Waals surface area contributed by atoms with Gasteiger partial charge in [-0.2, -0.15) is 0 Å². The van der Waals surface area contributed by atoms with Crippen molar-refractivity contribution in [3.05, 3.63) is 59.1 Å². The quantitative estimate of drug-likeness (QED) is 0.863. The fourth-order valence-electron chi connectivity index (χ4n) is 2.12. The Kier molecular flexibility index (Phi) is 5.34. The van der Waals surface area contributed by atoms with Crippen LogP contribution in [-0.2, 0) is 15.4 Å². The van der Waals surface area contributed by atoms with Crippen LogP contribution < -0.4 is 9.46 Å². The first-order valence-corrected chi connectivity index (χ1v) is 9.00. The zero-order chi connectivity index (χ0) is 17.1. The summed E-state index contributed by atoms with van der Waals surface area (Å²) in [6.45, 7) is 4.25. The highest BCUT2D eigenvalue weighted by atomic mass is 35.5. The number of hydrogen-bond donors (Lipinski definition) is 1. The van der Waals surface area contributed by atoms with E-state index >= 15 is 0 Å². The molecule has 0 unspecified atom stereocenters. The van der Waals surface area contributed by atoms with Gasteiger partial charge in [0.2, 0.25) is 10.0 Å². The van der Waals surface area contributed by atoms with E-state index in [0.29, 0.717) is 5.02 Å². The minimum absolute atomic E-state index is 0.201. The molecule has 0 bridgehead atoms. The molecule has 0 spiro atoms. The zero-order valence-corrected chi connectivity index (χ0v) is 14.9. The van der Waals surface area contributed by atoms with Crippen molar-refractivity contribution < 1.29 is 13.2 Å². The molecule has 0 radical (unpaired) electrons. The molecule has 4 nitrogen and oxygen atoms in total. The van der Waals surface area contributed by atoms with Crippen LogP contribution in [0.15, 0.2) is 53.4 Å². The molecule has 0 saturated carbocycles. The molecule has 2 aromatic carbocycles. The SMILES string of the molecule is COc1ccc(C(C)(C)CNS(=O)(=O)c2ccc(Cl)cc2)cc1. The first kappa shape index (κ1) is 17.8. The van der Waals surface area contributed by atoms with Gasteiger partial charge in [-0.25, -0.2) is 13.1 Å². The van der Waals surface area contributed by atoms with Crippen LogP contribution in [0.2, 0.25) is 5.02 Å². The van der Waals surface area contributed by atoms with Crippen LogP contribution in [0.1, 0.15) is 19.4 Å². The van der Waals surface area contributed by atoms with Crippen LogP contribution in [0.3, 0.4) is 0 Å². The van der Waals surface area contributed by atoms with Gasteiger partial charge in [0.05, 0.1) is 12.0 Å². The monoisotopic (exact) mass is 353 g/mol. The maximum Gasteiger partial charge on any atom is 0.240 e. The van der Waals surface area contributed by atoms with Crippen LogP contribution in [0, 0.1) is 0 Å². The van der Waals surface area contributed by atoms with E-state index in [2.05, 4.69) is 4.72 Å². The van der Waals surface area contributed by atoms with Crippen molar-refractivity contribution in [2.75, 3.05) is 13.7 Å². The van der Waals surface area contributed by atoms with Gasteiger partial charge in [-0.15, -0.1) is 0 Å². The van der Waals surface area contributed by atoms with Crippen LogP contribution >= 0.6 is 11.6 Å². The third-order valence-corrected chi connectivity index (χ3v) is 5.37. The van der Waals surface area contributed by atoms with E-state index < -0.39 is 10.0 Å². The first-order chi connectivity index (χ1) is 10.7. The number of benzene rings is 2. The number of nitrogens with one attached hydrogen (secondary N) is 1. The molecule has 0 aromatic heterocycles. The fourth-order valence-corrected chi connectivity index (χ4v) is 3.45. The maximum absolute atomic E-state index is 12.3. The minimum atomic E-state index is -3.56. The highest BCUT2D eigenvalue weighted by Crippen LogP contribution is 2.25. The molecule has 0 fully saturated rings. The summed E-state index contributed by atoms with van der Waals surface area (Å²) in [5, 5.41) is 0.502. The highest BCUT2D eigenvalue weighted by molar-refractivity contribution is 7.89. The second kappa shape index (κ2) is 6.91. The van der Waals surface area contributed by atoms with E-state index in [1.807, 2.05) is 38.1 Å². The van der Waals surface area contributed by atoms with E-state index in [0.717, 1.165) is 11.3 Å². The molecule has 23 heavy (non-hydrogen) atoms. The Balaban J connectivity index is 2.12. The molecule has 0 saturated heterocycles. The number of rotatable bonds is 6. The van der Waals surface area contributed by atoms with Gasteiger partial charge in [0.15, 0.2) is 0 Å². The molecule has 2 rings (SSSR count). The third-order valence-electron chi connectivity index (χ3n) is 3.70. The third kappa shape index (κ3) is 4.47. The van der Waals surface area contributed by atoms with E-state index in [1.54, 1.807) is 19.2 Å². The van der Waals surface area contributed by atoms with Gasteiger partial charge < -0.3 is 4.74 Å². The number of hydrogen-bond acceptors (Lipinski definition) is 3. The lowest BCUT2D eigenvalue weighted by molar-refractivity contribution is 0.414. The Morgan fingerprint density at radius 1 is 1.04 bits per heavy atom. The predicted molar refractivity (Wildman–Crippen MR) is 92.7 cm³/mol. The zero-order valence-electron chi connectivity index (χ0n) is 13.3. The summed E-state index contributed by atoms with van der Waals surface area (Å²) < 4.78 is 32.5. The van der Waals surface area contributed by atoms with Gasteiger partial charge in [0.1, 0.15) is 5.75 Å². The smallest absolute Gasteiger partial charge is 0.240 e. The van der Waals surface area contributed by atoms with E-state index in [4.69, 9.17) is 16.3 Å². The fraction of sp³-hybridized carbons (Fsp3) is 0.294. The van der Waals surface area contributed by atoms with Crippen molar-refractivity contribution in [1.29, 1.82) is 0 Å². The number of sulfonamides is 1. The molecule has 1 N–H and O–H groups in total. The largest absolute Gasteiger partial charge is 0.497 e. The van der Waals surface area contributed by atoms with Crippen LogP contribution in [0.5, 0.6) is 5.75 Å². The van der Waals surface area contributed by atoms with Crippen molar-refractivity contribution in [3.63, 3.8) is 0 Å². The first-order valence-electron chi connectivity index (χ1n) is 7.14. The summed E-state index contributed by atoms with van der Waals surface area (Å²) in [5.74, 6) is 0.770. The lowest BCUT2D eigenvalue weighted by atomic mass is 9.85. The summed E-state index contributed by atoms with van der Waals surface area (Å²) in [5.41, 5.74) is 0.670. The summed E-state index contributed by atoms with van der Waals surface area (Å²) in [4.78, 5) is 0.201. The average molecular weight is 354 g/mol. The Bertz CT molecular complexity index is 753. The van der Waals surface area contributed by atoms with Gasteiger partial charge in [-0.1, -0.05) is 37.6 Å². The Morgan fingerprint density at radius 3 is 2.13 bits per heavy atom. The second-order valence-electron chi connectivity index (χ2n) is 5.89. The lowest BCUT2D eigenvalue weighted by Crippen LogP contribution is -2.36. The Labute approximate surface area is 142 Å². The number of ether oxygens (including phenoxy) is 1. The topological polar surface area (TPSA) is 55.4 Å². The molecular weight excluding hydrogens is 334 g/mol. The van der Waals surface area contributed by atoms with E-state index in [1.165, 1.54) is 12.1 Å². The number of halogens is 1. The molecule has 0 aliphatic carbocycles. The molecule has 0 amide bonds. The minimum Gasteiger partial charge on any atom is -0.497 e. The van der Waals surface area contributed by atoms with Gasteiger partial charge in [0, 0.05) is 17.0 Å². The molecule has 0 aliphatic heterocycles. The van der Waals surface area contributed by atoms with Crippen molar-refractivity contribution >= 4 is 21.6 Å². The Morgan fingerprint density at radius 2 is 1.61 bits per heavy atom. The lowest BCUT2D eigenvalue weighted by Gasteiger charge is -2.25.